The van der Waals surface area contributed by atoms with Crippen LogP contribution in [-0.2, 0) is 9.53 Å². The summed E-state index contributed by atoms with van der Waals surface area (Å²) in [6.07, 6.45) is -0.442. The Morgan fingerprint density at radius 3 is 2.32 bits per heavy atom. The zero-order chi connectivity index (χ0) is 16.1. The van der Waals surface area contributed by atoms with Crippen LogP contribution in [0.4, 0.5) is 4.39 Å². The largest absolute Gasteiger partial charge is 0.456 e. The number of likely N-dealkylation sites (N-methyl/N-ethyl adjacent to an activating group) is 1. The first-order chi connectivity index (χ1) is 10.5. The van der Waals surface area contributed by atoms with Crippen LogP contribution in [0.1, 0.15) is 30.2 Å². The highest BCUT2D eigenvalue weighted by atomic mass is 19.1. The molecule has 0 saturated carbocycles. The summed E-state index contributed by atoms with van der Waals surface area (Å²) in [7, 11) is 7.22. The Morgan fingerprint density at radius 1 is 1.14 bits per heavy atom. The number of ether oxygens (including phenoxy) is 1. The van der Waals surface area contributed by atoms with Crippen molar-refractivity contribution in [1.82, 2.24) is 4.81 Å². The smallest absolute Gasteiger partial charge is 0.327 e. The molecule has 2 rings (SSSR count). The fraction of sp³-hybridized carbons (Fsp3) is 0.235. The summed E-state index contributed by atoms with van der Waals surface area (Å²) in [5.74, 6) is -1.08. The molecule has 0 heterocycles. The highest BCUT2D eigenvalue weighted by Crippen LogP contribution is 2.25. The number of carbonyl (C=O) groups is 1. The first-order valence-corrected chi connectivity index (χ1v) is 6.98. The first-order valence-electron chi connectivity index (χ1n) is 6.98. The molecule has 0 saturated heterocycles. The number of benzene rings is 2. The van der Waals surface area contributed by atoms with Crippen molar-refractivity contribution in [2.75, 3.05) is 7.05 Å². The maximum Gasteiger partial charge on any atom is 0.327 e. The van der Waals surface area contributed by atoms with Crippen molar-refractivity contribution in [1.29, 1.82) is 0 Å². The Balaban J connectivity index is 2.19. The molecule has 0 N–H and O–H groups in total. The van der Waals surface area contributed by atoms with E-state index in [1.807, 2.05) is 30.3 Å². The van der Waals surface area contributed by atoms with Gasteiger partial charge in [0.2, 0.25) is 0 Å². The Bertz CT molecular complexity index is 634. The van der Waals surface area contributed by atoms with Crippen molar-refractivity contribution in [2.24, 2.45) is 0 Å². The molecule has 2 radical (unpaired) electrons. The van der Waals surface area contributed by atoms with E-state index in [-0.39, 0.29) is 5.56 Å². The lowest BCUT2D eigenvalue weighted by Crippen LogP contribution is -2.31. The average molecular weight is 297 g/mol. The molecule has 0 aromatic heterocycles. The number of carbonyl (C=O) groups excluding carboxylic acids is 1. The second-order valence-electron chi connectivity index (χ2n) is 5.08. The van der Waals surface area contributed by atoms with Crippen LogP contribution in [0.5, 0.6) is 0 Å². The number of halogens is 1. The third-order valence-corrected chi connectivity index (χ3v) is 3.39. The molecule has 2 atom stereocenters. The average Bonchev–Trinajstić information content (AvgIpc) is 2.50. The maximum atomic E-state index is 13.9. The molecule has 112 valence electrons. The second-order valence-corrected chi connectivity index (χ2v) is 5.08. The molecule has 0 bridgehead atoms. The van der Waals surface area contributed by atoms with Gasteiger partial charge in [0, 0.05) is 5.56 Å². The Kier molecular flexibility index (Phi) is 5.33. The predicted octanol–water partition coefficient (Wildman–Crippen LogP) is 3.19. The van der Waals surface area contributed by atoms with Gasteiger partial charge < -0.3 is 9.55 Å². The van der Waals surface area contributed by atoms with Gasteiger partial charge in [0.25, 0.3) is 0 Å². The molecule has 0 aliphatic carbocycles. The molecular weight excluding hydrogens is 280 g/mol. The summed E-state index contributed by atoms with van der Waals surface area (Å²) in [4.78, 5) is 13.6. The lowest BCUT2D eigenvalue weighted by molar-refractivity contribution is -0.153. The van der Waals surface area contributed by atoms with E-state index >= 15 is 0 Å². The zero-order valence-electron chi connectivity index (χ0n) is 12.6. The highest BCUT2D eigenvalue weighted by molar-refractivity contribution is 6.06. The van der Waals surface area contributed by atoms with Gasteiger partial charge in [-0.1, -0.05) is 48.5 Å². The molecule has 0 fully saturated rings. The Labute approximate surface area is 131 Å². The van der Waals surface area contributed by atoms with Crippen LogP contribution in [-0.4, -0.2) is 25.8 Å². The van der Waals surface area contributed by atoms with Crippen LogP contribution in [0.2, 0.25) is 0 Å². The van der Waals surface area contributed by atoms with E-state index in [2.05, 4.69) is 0 Å². The summed E-state index contributed by atoms with van der Waals surface area (Å²) in [6, 6.07) is 14.4. The number of rotatable bonds is 5. The summed E-state index contributed by atoms with van der Waals surface area (Å²) in [6.45, 7) is 1.77. The third kappa shape index (κ3) is 3.74. The van der Waals surface area contributed by atoms with Crippen molar-refractivity contribution in [3.8, 4) is 0 Å². The van der Waals surface area contributed by atoms with Gasteiger partial charge in [-0.3, -0.25) is 0 Å². The van der Waals surface area contributed by atoms with Gasteiger partial charge in [-0.15, -0.1) is 0 Å². The number of hydrogen-bond acceptors (Lipinski definition) is 3. The topological polar surface area (TPSA) is 29.5 Å². The van der Waals surface area contributed by atoms with E-state index in [1.54, 1.807) is 19.1 Å². The molecule has 22 heavy (non-hydrogen) atoms. The third-order valence-electron chi connectivity index (χ3n) is 3.39. The minimum atomic E-state index is -0.993. The van der Waals surface area contributed by atoms with Gasteiger partial charge in [0.05, 0.1) is 0 Å². The first kappa shape index (κ1) is 16.2. The van der Waals surface area contributed by atoms with Gasteiger partial charge in [0.15, 0.2) is 7.98 Å². The summed E-state index contributed by atoms with van der Waals surface area (Å²) < 4.78 is 19.4. The molecule has 2 aromatic carbocycles. The standard InChI is InChI=1S/C17H17BFNO2/c1-12(13-8-4-3-5-9-13)22-17(21)16(20(2)18)14-10-6-7-11-15(14)19/h3-12,16H,1-2H3/t12-,16+/m0/s1. The number of esters is 1. The van der Waals surface area contributed by atoms with Crippen LogP contribution in [0.25, 0.3) is 0 Å². The van der Waals surface area contributed by atoms with Gasteiger partial charge in [-0.05, 0) is 25.6 Å². The zero-order valence-corrected chi connectivity index (χ0v) is 12.6. The molecular formula is C17H17BFNO2. The van der Waals surface area contributed by atoms with E-state index in [4.69, 9.17) is 12.7 Å². The quantitative estimate of drug-likeness (QED) is 0.627. The van der Waals surface area contributed by atoms with Crippen LogP contribution in [0, 0.1) is 5.82 Å². The minimum absolute atomic E-state index is 0.192. The van der Waals surface area contributed by atoms with Crippen LogP contribution >= 0.6 is 0 Å². The van der Waals surface area contributed by atoms with Gasteiger partial charge in [-0.2, -0.15) is 0 Å². The van der Waals surface area contributed by atoms with Crippen molar-refractivity contribution in [3.05, 3.63) is 71.5 Å². The van der Waals surface area contributed by atoms with E-state index in [0.717, 1.165) is 10.4 Å². The van der Waals surface area contributed by atoms with E-state index in [0.29, 0.717) is 0 Å². The number of hydrogen-bond donors (Lipinski definition) is 0. The molecule has 3 nitrogen and oxygen atoms in total. The highest BCUT2D eigenvalue weighted by Gasteiger charge is 2.28. The van der Waals surface area contributed by atoms with Crippen molar-refractivity contribution in [2.45, 2.75) is 19.1 Å². The normalized spacial score (nSPS) is 13.6. The van der Waals surface area contributed by atoms with Gasteiger partial charge in [0.1, 0.15) is 18.0 Å². The fourth-order valence-electron chi connectivity index (χ4n) is 2.24. The Hall–Kier alpha value is -2.14. The van der Waals surface area contributed by atoms with Crippen molar-refractivity contribution in [3.63, 3.8) is 0 Å². The second kappa shape index (κ2) is 7.23. The minimum Gasteiger partial charge on any atom is -0.456 e. The maximum absolute atomic E-state index is 13.9. The van der Waals surface area contributed by atoms with Crippen LogP contribution in [0.15, 0.2) is 54.6 Å². The van der Waals surface area contributed by atoms with E-state index < -0.39 is 23.9 Å². The monoisotopic (exact) mass is 297 g/mol. The van der Waals surface area contributed by atoms with Crippen molar-refractivity contribution < 1.29 is 13.9 Å². The van der Waals surface area contributed by atoms with Gasteiger partial charge >= 0.3 is 5.97 Å². The molecule has 0 amide bonds. The van der Waals surface area contributed by atoms with Crippen molar-refractivity contribution >= 4 is 14.0 Å². The summed E-state index contributed by atoms with van der Waals surface area (Å²) in [5.41, 5.74) is 1.06. The molecule has 0 spiro atoms. The molecule has 0 aliphatic heterocycles. The fourth-order valence-corrected chi connectivity index (χ4v) is 2.24. The molecule has 0 unspecified atom stereocenters. The SMILES string of the molecule is [B]N(C)[C@@H](C(=O)O[C@@H](C)c1ccccc1)c1ccccc1F. The lowest BCUT2D eigenvalue weighted by Gasteiger charge is -2.25. The summed E-state index contributed by atoms with van der Waals surface area (Å²) in [5, 5.41) is 0. The summed E-state index contributed by atoms with van der Waals surface area (Å²) >= 11 is 0. The van der Waals surface area contributed by atoms with Gasteiger partial charge in [-0.25, -0.2) is 9.18 Å². The van der Waals surface area contributed by atoms with Crippen LogP contribution < -0.4 is 0 Å². The molecule has 2 aromatic rings. The Morgan fingerprint density at radius 2 is 1.73 bits per heavy atom. The van der Waals surface area contributed by atoms with Crippen LogP contribution in [0.3, 0.4) is 0 Å². The van der Waals surface area contributed by atoms with E-state index in [1.165, 1.54) is 19.2 Å². The van der Waals surface area contributed by atoms with E-state index in [9.17, 15) is 9.18 Å². The number of nitrogens with zero attached hydrogens (tertiary/aromatic N) is 1. The lowest BCUT2D eigenvalue weighted by atomic mass is 10.0. The predicted molar refractivity (Wildman–Crippen MR) is 83.6 cm³/mol. The molecule has 5 heteroatoms. The molecule has 0 aliphatic rings.